The molecule has 132 valence electrons. The minimum absolute atomic E-state index is 0.150. The summed E-state index contributed by atoms with van der Waals surface area (Å²) in [4.78, 5) is 23.5. The number of primary amides is 1. The maximum absolute atomic E-state index is 13.8. The average molecular weight is 352 g/mol. The minimum Gasteiger partial charge on any atom is -0.461 e. The van der Waals surface area contributed by atoms with E-state index < -0.39 is 5.91 Å². The molecule has 0 aliphatic heterocycles. The van der Waals surface area contributed by atoms with E-state index in [1.54, 1.807) is 54.6 Å². The Bertz CT molecular complexity index is 949. The molecule has 3 rings (SSSR count). The van der Waals surface area contributed by atoms with E-state index in [0.29, 0.717) is 29.2 Å². The van der Waals surface area contributed by atoms with Gasteiger partial charge in [0.2, 0.25) is 5.91 Å². The Morgan fingerprint density at radius 1 is 1.00 bits per heavy atom. The lowest BCUT2D eigenvalue weighted by Gasteiger charge is -2.08. The third-order valence-corrected chi connectivity index (χ3v) is 3.87. The quantitative estimate of drug-likeness (QED) is 0.708. The van der Waals surface area contributed by atoms with Crippen molar-refractivity contribution in [1.29, 1.82) is 0 Å². The van der Waals surface area contributed by atoms with Gasteiger partial charge < -0.3 is 15.5 Å². The first-order valence-electron chi connectivity index (χ1n) is 8.07. The van der Waals surface area contributed by atoms with Crippen LogP contribution in [0.3, 0.4) is 0 Å². The Morgan fingerprint density at radius 2 is 1.73 bits per heavy atom. The molecule has 0 atom stereocenters. The minimum atomic E-state index is -0.610. The molecule has 6 heteroatoms. The van der Waals surface area contributed by atoms with Crippen LogP contribution in [0.4, 0.5) is 10.1 Å². The molecule has 0 radical (unpaired) electrons. The van der Waals surface area contributed by atoms with Gasteiger partial charge in [-0.25, -0.2) is 4.39 Å². The number of hydrogen-bond donors (Lipinski definition) is 2. The zero-order valence-corrected chi connectivity index (χ0v) is 13.9. The number of nitrogens with one attached hydrogen (secondary N) is 1. The maximum Gasteiger partial charge on any atom is 0.250 e. The number of amides is 2. The number of benzene rings is 2. The van der Waals surface area contributed by atoms with Gasteiger partial charge in [-0.3, -0.25) is 9.59 Å². The van der Waals surface area contributed by atoms with Crippen molar-refractivity contribution < 1.29 is 18.4 Å². The molecule has 2 amide bonds. The maximum atomic E-state index is 13.8. The van der Waals surface area contributed by atoms with E-state index in [-0.39, 0.29) is 23.7 Å². The lowest BCUT2D eigenvalue weighted by atomic mass is 10.1. The summed E-state index contributed by atoms with van der Waals surface area (Å²) in [5.41, 5.74) is 6.29. The van der Waals surface area contributed by atoms with E-state index in [1.807, 2.05) is 0 Å². The molecule has 5 nitrogen and oxygen atoms in total. The number of nitrogens with two attached hydrogens (primary N) is 1. The Morgan fingerprint density at radius 3 is 2.50 bits per heavy atom. The number of carbonyl (C=O) groups is 2. The molecule has 0 bridgehead atoms. The second kappa shape index (κ2) is 7.65. The van der Waals surface area contributed by atoms with E-state index in [4.69, 9.17) is 10.2 Å². The van der Waals surface area contributed by atoms with Gasteiger partial charge in [0.05, 0.1) is 16.8 Å². The van der Waals surface area contributed by atoms with E-state index in [9.17, 15) is 14.0 Å². The molecular weight excluding hydrogens is 335 g/mol. The monoisotopic (exact) mass is 352 g/mol. The third kappa shape index (κ3) is 3.97. The largest absolute Gasteiger partial charge is 0.461 e. The zero-order chi connectivity index (χ0) is 18.5. The van der Waals surface area contributed by atoms with Crippen molar-refractivity contribution in [3.05, 3.63) is 77.8 Å². The van der Waals surface area contributed by atoms with Gasteiger partial charge in [0.1, 0.15) is 17.3 Å². The van der Waals surface area contributed by atoms with E-state index in [1.165, 1.54) is 6.07 Å². The van der Waals surface area contributed by atoms with Crippen molar-refractivity contribution >= 4 is 17.5 Å². The summed E-state index contributed by atoms with van der Waals surface area (Å²) in [7, 11) is 0. The van der Waals surface area contributed by atoms with E-state index in [0.717, 1.165) is 0 Å². The molecule has 0 saturated carbocycles. The van der Waals surface area contributed by atoms with Gasteiger partial charge >= 0.3 is 0 Å². The topological polar surface area (TPSA) is 85.3 Å². The summed E-state index contributed by atoms with van der Waals surface area (Å²) >= 11 is 0. The number of carbonyl (C=O) groups excluding carboxylic acids is 2. The highest BCUT2D eigenvalue weighted by molar-refractivity contribution is 6.02. The predicted molar refractivity (Wildman–Crippen MR) is 96.0 cm³/mol. The lowest BCUT2D eigenvalue weighted by Crippen LogP contribution is -2.18. The van der Waals surface area contributed by atoms with Crippen LogP contribution in [0, 0.1) is 5.82 Å². The SMILES string of the molecule is NC(=O)c1ccccc1NC(=O)CCc1ccc(-c2ccccc2F)o1. The van der Waals surface area contributed by atoms with Crippen LogP contribution in [0.5, 0.6) is 0 Å². The number of halogens is 1. The van der Waals surface area contributed by atoms with E-state index in [2.05, 4.69) is 5.32 Å². The van der Waals surface area contributed by atoms with Crippen LogP contribution in [-0.4, -0.2) is 11.8 Å². The summed E-state index contributed by atoms with van der Waals surface area (Å²) in [5, 5.41) is 2.67. The number of furan rings is 1. The molecule has 1 heterocycles. The predicted octanol–water partition coefficient (Wildman–Crippen LogP) is 3.76. The second-order valence-electron chi connectivity index (χ2n) is 5.70. The van der Waals surface area contributed by atoms with Crippen LogP contribution in [-0.2, 0) is 11.2 Å². The van der Waals surface area contributed by atoms with Gasteiger partial charge in [-0.2, -0.15) is 0 Å². The summed E-state index contributed by atoms with van der Waals surface area (Å²) in [5.74, 6) is -0.266. The molecule has 3 N–H and O–H groups in total. The van der Waals surface area contributed by atoms with Gasteiger partial charge in [-0.1, -0.05) is 24.3 Å². The Balaban J connectivity index is 1.63. The van der Waals surface area contributed by atoms with Crippen molar-refractivity contribution in [1.82, 2.24) is 0 Å². The van der Waals surface area contributed by atoms with Crippen LogP contribution in [0.25, 0.3) is 11.3 Å². The van der Waals surface area contributed by atoms with Gasteiger partial charge in [0, 0.05) is 12.8 Å². The summed E-state index contributed by atoms with van der Waals surface area (Å²) < 4.78 is 19.4. The number of aryl methyl sites for hydroxylation is 1. The van der Waals surface area contributed by atoms with Crippen LogP contribution in [0.2, 0.25) is 0 Å². The second-order valence-corrected chi connectivity index (χ2v) is 5.70. The van der Waals surface area contributed by atoms with Crippen LogP contribution < -0.4 is 11.1 Å². The van der Waals surface area contributed by atoms with Gasteiger partial charge in [0.25, 0.3) is 5.91 Å². The molecule has 0 spiro atoms. The lowest BCUT2D eigenvalue weighted by molar-refractivity contribution is -0.116. The Kier molecular flexibility index (Phi) is 5.12. The number of hydrogen-bond acceptors (Lipinski definition) is 3. The van der Waals surface area contributed by atoms with Crippen molar-refractivity contribution in [3.63, 3.8) is 0 Å². The Labute approximate surface area is 149 Å². The van der Waals surface area contributed by atoms with Gasteiger partial charge in [0.15, 0.2) is 0 Å². The summed E-state index contributed by atoms with van der Waals surface area (Å²) in [6.07, 6.45) is 0.496. The molecule has 3 aromatic rings. The summed E-state index contributed by atoms with van der Waals surface area (Å²) in [6, 6.07) is 16.2. The molecular formula is C20H17FN2O3. The van der Waals surface area contributed by atoms with E-state index >= 15 is 0 Å². The third-order valence-electron chi connectivity index (χ3n) is 3.87. The molecule has 2 aromatic carbocycles. The standard InChI is InChI=1S/C20H17FN2O3/c21-16-7-3-1-5-14(16)18-11-9-13(26-18)10-12-19(24)23-17-8-4-2-6-15(17)20(22)25/h1-9,11H,10,12H2,(H2,22,25)(H,23,24). The fourth-order valence-corrected chi connectivity index (χ4v) is 2.57. The number of para-hydroxylation sites is 1. The van der Waals surface area contributed by atoms with Crippen molar-refractivity contribution in [3.8, 4) is 11.3 Å². The number of anilines is 1. The fourth-order valence-electron chi connectivity index (χ4n) is 2.57. The smallest absolute Gasteiger partial charge is 0.250 e. The zero-order valence-electron chi connectivity index (χ0n) is 13.9. The first kappa shape index (κ1) is 17.4. The van der Waals surface area contributed by atoms with Crippen molar-refractivity contribution in [2.45, 2.75) is 12.8 Å². The molecule has 0 saturated heterocycles. The molecule has 26 heavy (non-hydrogen) atoms. The molecule has 0 unspecified atom stereocenters. The first-order valence-corrected chi connectivity index (χ1v) is 8.07. The van der Waals surface area contributed by atoms with Gasteiger partial charge in [-0.15, -0.1) is 0 Å². The Hall–Kier alpha value is -3.41. The van der Waals surface area contributed by atoms with Crippen molar-refractivity contribution in [2.24, 2.45) is 5.73 Å². The highest BCUT2D eigenvalue weighted by atomic mass is 19.1. The van der Waals surface area contributed by atoms with Gasteiger partial charge in [-0.05, 0) is 36.4 Å². The molecule has 0 fully saturated rings. The highest BCUT2D eigenvalue weighted by Crippen LogP contribution is 2.25. The molecule has 1 aromatic heterocycles. The molecule has 0 aliphatic rings. The average Bonchev–Trinajstić information content (AvgIpc) is 3.09. The van der Waals surface area contributed by atoms with Crippen molar-refractivity contribution in [2.75, 3.05) is 5.32 Å². The van der Waals surface area contributed by atoms with Crippen LogP contribution >= 0.6 is 0 Å². The highest BCUT2D eigenvalue weighted by Gasteiger charge is 2.12. The van der Waals surface area contributed by atoms with Crippen LogP contribution in [0.15, 0.2) is 65.1 Å². The number of rotatable bonds is 6. The first-order chi connectivity index (χ1) is 12.5. The normalized spacial score (nSPS) is 10.5. The molecule has 0 aliphatic carbocycles. The summed E-state index contributed by atoms with van der Waals surface area (Å²) in [6.45, 7) is 0. The van der Waals surface area contributed by atoms with Crippen LogP contribution in [0.1, 0.15) is 22.5 Å². The fraction of sp³-hybridized carbons (Fsp3) is 0.100.